The Balaban J connectivity index is 1.03. The van der Waals surface area contributed by atoms with Gasteiger partial charge in [0.15, 0.2) is 12.7 Å². The van der Waals surface area contributed by atoms with E-state index >= 15 is 0 Å². The van der Waals surface area contributed by atoms with E-state index in [2.05, 4.69) is 29.4 Å². The van der Waals surface area contributed by atoms with Crippen LogP contribution in [0.3, 0.4) is 0 Å². The number of rotatable bonds is 17. The minimum absolute atomic E-state index is 0.00249. The Labute approximate surface area is 321 Å². The molecule has 6 heterocycles. The zero-order chi connectivity index (χ0) is 42.5. The summed E-state index contributed by atoms with van der Waals surface area (Å²) in [6.07, 6.45) is -11.2. The number of anilines is 2. The molecule has 58 heavy (non-hydrogen) atoms. The molecule has 0 spiro atoms. The number of nitrogens with one attached hydrogen (secondary N) is 3. The summed E-state index contributed by atoms with van der Waals surface area (Å²) in [5.41, 5.74) is 10.0. The van der Waals surface area contributed by atoms with Crippen LogP contribution in [0.2, 0.25) is 0 Å². The van der Waals surface area contributed by atoms with E-state index in [1.54, 1.807) is 0 Å². The zero-order valence-electron chi connectivity index (χ0n) is 29.8. The predicted octanol–water partition coefficient (Wildman–Crippen LogP) is -4.12. The van der Waals surface area contributed by atoms with E-state index in [1.165, 1.54) is 40.5 Å². The van der Waals surface area contributed by atoms with Gasteiger partial charge in [-0.3, -0.25) is 56.6 Å². The Hall–Kier alpha value is -3.64. The molecular formula is C25H38FN10O19P3+2. The van der Waals surface area contributed by atoms with Gasteiger partial charge in [0.1, 0.15) is 42.7 Å². The number of hydrogen-bond donors (Lipinski definition) is 11. The number of imidazole rings is 2. The molecule has 4 unspecified atom stereocenters. The number of phosphoric ester groups is 2. The van der Waals surface area contributed by atoms with Crippen LogP contribution < -0.4 is 31.7 Å². The van der Waals surface area contributed by atoms with Gasteiger partial charge in [-0.1, -0.05) is 9.97 Å². The van der Waals surface area contributed by atoms with Crippen LogP contribution in [0.1, 0.15) is 12.5 Å². The molecule has 0 bridgehead atoms. The lowest BCUT2D eigenvalue weighted by Gasteiger charge is -2.22. The monoisotopic (exact) mass is 894 g/mol. The molecule has 0 aromatic carbocycles. The van der Waals surface area contributed by atoms with Crippen LogP contribution in [0, 0.1) is 0 Å². The third-order valence-electron chi connectivity index (χ3n) is 8.70. The fraction of sp³-hybridized carbons (Fsp3) is 0.600. The first-order valence-electron chi connectivity index (χ1n) is 16.4. The van der Waals surface area contributed by atoms with Gasteiger partial charge in [-0.2, -0.15) is 0 Å². The number of aliphatic hydroxyl groups excluding tert-OH is 3. The average Bonchev–Trinajstić information content (AvgIpc) is 3.86. The maximum atomic E-state index is 13.7. The van der Waals surface area contributed by atoms with Gasteiger partial charge >= 0.3 is 34.8 Å². The highest BCUT2D eigenvalue weighted by atomic mass is 31.2. The largest absolute Gasteiger partial charge is 0.510 e. The number of aromatic nitrogens is 8. The summed E-state index contributed by atoms with van der Waals surface area (Å²) < 4.78 is 94.3. The number of halogens is 1. The number of nitrogens with two attached hydrogens (primary N) is 2. The maximum Gasteiger partial charge on any atom is 0.510 e. The van der Waals surface area contributed by atoms with E-state index in [1.807, 2.05) is 0 Å². The number of H-pyrrole nitrogens is 3. The number of fused-ring (bicyclic) bond motifs is 2. The molecule has 2 fully saturated rings. The van der Waals surface area contributed by atoms with Gasteiger partial charge in [-0.15, -0.1) is 4.20 Å². The summed E-state index contributed by atoms with van der Waals surface area (Å²) in [5.74, 6) is -0.503. The molecule has 0 aliphatic carbocycles. The molecule has 4 aromatic rings. The number of aliphatic hydroxyl groups is 3. The van der Waals surface area contributed by atoms with E-state index in [0.717, 1.165) is 0 Å². The number of nitrogens with zero attached hydrogens (tertiary/aromatic N) is 5. The lowest BCUT2D eigenvalue weighted by Crippen LogP contribution is -2.46. The Kier molecular flexibility index (Phi) is 12.7. The van der Waals surface area contributed by atoms with E-state index in [4.69, 9.17) is 48.7 Å². The molecule has 6 rings (SSSR count). The second-order valence-electron chi connectivity index (χ2n) is 12.7. The first-order valence-corrected chi connectivity index (χ1v) is 20.9. The highest BCUT2D eigenvalue weighted by Crippen LogP contribution is 2.50. The van der Waals surface area contributed by atoms with Gasteiger partial charge in [0.05, 0.1) is 33.5 Å². The van der Waals surface area contributed by atoms with Crippen molar-refractivity contribution in [3.05, 3.63) is 33.4 Å². The van der Waals surface area contributed by atoms with Gasteiger partial charge < -0.3 is 50.8 Å². The van der Waals surface area contributed by atoms with Gasteiger partial charge in [0.25, 0.3) is 23.0 Å². The average molecular weight is 895 g/mol. The summed E-state index contributed by atoms with van der Waals surface area (Å²) >= 11 is 0. The van der Waals surface area contributed by atoms with Gasteiger partial charge in [-0.05, 0) is 0 Å². The smallest absolute Gasteiger partial charge is 0.387 e. The molecule has 29 nitrogen and oxygen atoms in total. The number of aromatic amines is 3. The molecule has 2 saturated heterocycles. The molecule has 13 N–H and O–H groups in total. The molecule has 322 valence electrons. The quantitative estimate of drug-likeness (QED) is 0.0354. The van der Waals surface area contributed by atoms with Crippen molar-refractivity contribution in [3.8, 4) is 0 Å². The van der Waals surface area contributed by atoms with Gasteiger partial charge in [-0.25, -0.2) is 22.8 Å². The van der Waals surface area contributed by atoms with Crippen LogP contribution in [0.25, 0.3) is 22.3 Å². The van der Waals surface area contributed by atoms with Crippen molar-refractivity contribution in [3.63, 3.8) is 0 Å². The maximum absolute atomic E-state index is 13.7. The number of phosphoric acid groups is 2. The van der Waals surface area contributed by atoms with Crippen LogP contribution in [0.5, 0.6) is 0 Å². The van der Waals surface area contributed by atoms with E-state index in [0.29, 0.717) is 0 Å². The normalized spacial score (nSPS) is 28.8. The van der Waals surface area contributed by atoms with E-state index < -0.39 is 116 Å². The minimum Gasteiger partial charge on any atom is -0.387 e. The lowest BCUT2D eigenvalue weighted by molar-refractivity contribution is -0.746. The molecule has 2 aliphatic heterocycles. The highest BCUT2D eigenvalue weighted by Gasteiger charge is 2.50. The first kappa shape index (κ1) is 43.9. The van der Waals surface area contributed by atoms with Crippen molar-refractivity contribution in [2.75, 3.05) is 45.0 Å². The van der Waals surface area contributed by atoms with Crippen molar-refractivity contribution in [2.45, 2.75) is 55.2 Å². The van der Waals surface area contributed by atoms with Crippen molar-refractivity contribution in [1.82, 2.24) is 29.5 Å². The number of aryl methyl sites for hydroxylation is 1. The zero-order valence-corrected chi connectivity index (χ0v) is 32.5. The van der Waals surface area contributed by atoms with Crippen LogP contribution in [-0.4, -0.2) is 136 Å². The van der Waals surface area contributed by atoms with Crippen LogP contribution in [0.4, 0.5) is 16.1 Å². The SMILES string of the molecule is CO[C@@H]1[C@H](O)[C@@H](COP(=O)(O)OCC(COP(=O)(O)OC[C@H]2O[C@@H]([n+]3cn(C)c4c(=O)[nH]c(N)nc43)[C@H](O)[C@@H]2O)OP(=O)(O)F)O[C@H]1[n+]1c[nH]c2c(=O)[nH]c(N)nc21. The number of methoxy groups -OCH3 is 1. The second kappa shape index (κ2) is 16.8. The molecule has 12 atom stereocenters. The molecule has 0 saturated carbocycles. The number of hydrogen-bond acceptors (Lipinski definition) is 20. The van der Waals surface area contributed by atoms with Crippen molar-refractivity contribution < 1.29 is 93.9 Å². The summed E-state index contributed by atoms with van der Waals surface area (Å²) in [6.45, 7) is -4.37. The Bertz CT molecular complexity index is 2410. The Morgan fingerprint density at radius 2 is 1.41 bits per heavy atom. The molecule has 0 amide bonds. The fourth-order valence-electron chi connectivity index (χ4n) is 6.13. The Morgan fingerprint density at radius 3 is 2.00 bits per heavy atom. The highest BCUT2D eigenvalue weighted by molar-refractivity contribution is 7.48. The third kappa shape index (κ3) is 9.53. The number of ether oxygens (including phenoxy) is 3. The summed E-state index contributed by atoms with van der Waals surface area (Å²) in [4.78, 5) is 69.6. The van der Waals surface area contributed by atoms with Crippen LogP contribution in [0.15, 0.2) is 22.2 Å². The molecule has 0 radical (unpaired) electrons. The summed E-state index contributed by atoms with van der Waals surface area (Å²) in [5, 5.41) is 32.1. The van der Waals surface area contributed by atoms with Gasteiger partial charge in [0, 0.05) is 7.11 Å². The van der Waals surface area contributed by atoms with Crippen LogP contribution in [-0.2, 0) is 57.6 Å². The topological polar surface area (TPSA) is 418 Å². The third-order valence-corrected chi connectivity index (χ3v) is 11.2. The lowest BCUT2D eigenvalue weighted by atomic mass is 10.1. The van der Waals surface area contributed by atoms with E-state index in [-0.39, 0.29) is 34.2 Å². The van der Waals surface area contributed by atoms with Crippen molar-refractivity contribution in [1.29, 1.82) is 0 Å². The van der Waals surface area contributed by atoms with Crippen molar-refractivity contribution in [2.24, 2.45) is 7.05 Å². The second-order valence-corrected chi connectivity index (χ2v) is 16.7. The van der Waals surface area contributed by atoms with Gasteiger partial charge in [0.2, 0.25) is 23.5 Å². The first-order chi connectivity index (χ1) is 27.1. The molecule has 2 aliphatic rings. The fourth-order valence-corrected chi connectivity index (χ4v) is 8.15. The number of nitrogen functional groups attached to an aromatic ring is 2. The van der Waals surface area contributed by atoms with E-state index in [9.17, 15) is 52.6 Å². The van der Waals surface area contributed by atoms with Crippen LogP contribution >= 0.6 is 23.6 Å². The molecular weight excluding hydrogens is 856 g/mol. The summed E-state index contributed by atoms with van der Waals surface area (Å²) in [7, 11) is -13.7. The predicted molar refractivity (Wildman–Crippen MR) is 183 cm³/mol. The minimum atomic E-state index is -5.91. The Morgan fingerprint density at radius 1 is 0.862 bits per heavy atom. The van der Waals surface area contributed by atoms with Crippen molar-refractivity contribution >= 4 is 57.8 Å². The summed E-state index contributed by atoms with van der Waals surface area (Å²) in [6, 6.07) is 0. The molecule has 4 aromatic heterocycles. The molecule has 33 heteroatoms. The standard InChI is InChI=1S/C25H36FN10O19P3/c1-34-8-36(19-13(34)21(41)33-25(28)31-19)22-16(39)14(37)10(53-22)5-51-57(44,45)49-3-9(55-56(26,42)43)4-50-58(46,47)52-6-11-15(38)17(48-2)23(54-11)35-7-29-12-18(35)30-24(27)32-20(12)40/h7-11,14-17,22-23,37-39H,3-6H2,1-2H3,(H8-,27,28,30,31,32,33,40,41,42,43,44,45,46,47)/p+2/t9?,10-,11-,14-,15-,16-,17-,22-,23-/m1/s1.